The average molecular weight is 233 g/mol. The van der Waals surface area contributed by atoms with Crippen LogP contribution >= 0.6 is 0 Å². The Balaban J connectivity index is 2.28. The molecule has 0 unspecified atom stereocenters. The van der Waals surface area contributed by atoms with Crippen molar-refractivity contribution in [3.05, 3.63) is 23.8 Å². The summed E-state index contributed by atoms with van der Waals surface area (Å²) >= 11 is 0. The Morgan fingerprint density at radius 2 is 2.00 bits per heavy atom. The van der Waals surface area contributed by atoms with Crippen LogP contribution in [0.15, 0.2) is 18.2 Å². The highest BCUT2D eigenvalue weighted by molar-refractivity contribution is 5.96. The van der Waals surface area contributed by atoms with Gasteiger partial charge in [0.25, 0.3) is 5.91 Å². The summed E-state index contributed by atoms with van der Waals surface area (Å²) in [6.07, 6.45) is 3.68. The first kappa shape index (κ1) is 11.8. The summed E-state index contributed by atoms with van der Waals surface area (Å²) in [4.78, 5) is 13.9. The number of hydrogen-bond donors (Lipinski definition) is 2. The quantitative estimate of drug-likeness (QED) is 0.763. The number of nitrogens with zero attached hydrogens (tertiary/aromatic N) is 1. The average Bonchev–Trinajstić information content (AvgIpc) is 2.39. The Kier molecular flexibility index (Phi) is 3.52. The molecule has 0 spiro atoms. The molecule has 2 rings (SSSR count). The summed E-state index contributed by atoms with van der Waals surface area (Å²) in [6.45, 7) is 2.06. The summed E-state index contributed by atoms with van der Waals surface area (Å²) in [6, 6.07) is 5.47. The van der Waals surface area contributed by atoms with Gasteiger partial charge in [0.2, 0.25) is 0 Å². The fraction of sp³-hybridized carbons (Fsp3) is 0.462. The van der Waals surface area contributed by atoms with Gasteiger partial charge in [0, 0.05) is 25.7 Å². The van der Waals surface area contributed by atoms with Crippen molar-refractivity contribution in [3.63, 3.8) is 0 Å². The fourth-order valence-electron chi connectivity index (χ4n) is 2.24. The first-order valence-electron chi connectivity index (χ1n) is 6.09. The van der Waals surface area contributed by atoms with E-state index in [2.05, 4.69) is 10.2 Å². The third kappa shape index (κ3) is 2.52. The molecule has 0 radical (unpaired) electrons. The van der Waals surface area contributed by atoms with E-state index in [0.29, 0.717) is 5.56 Å². The topological polar surface area (TPSA) is 58.4 Å². The van der Waals surface area contributed by atoms with Gasteiger partial charge in [-0.25, -0.2) is 0 Å². The van der Waals surface area contributed by atoms with Gasteiger partial charge in [-0.15, -0.1) is 0 Å². The zero-order valence-corrected chi connectivity index (χ0v) is 10.2. The largest absolute Gasteiger partial charge is 0.397 e. The molecule has 0 aliphatic carbocycles. The monoisotopic (exact) mass is 233 g/mol. The summed E-state index contributed by atoms with van der Waals surface area (Å²) in [5, 5.41) is 2.63. The molecule has 1 aliphatic rings. The van der Waals surface area contributed by atoms with Crippen molar-refractivity contribution in [2.75, 3.05) is 30.8 Å². The van der Waals surface area contributed by atoms with Crippen LogP contribution in [0.1, 0.15) is 29.6 Å². The third-order valence-electron chi connectivity index (χ3n) is 3.22. The van der Waals surface area contributed by atoms with E-state index >= 15 is 0 Å². The molecule has 92 valence electrons. The molecule has 3 N–H and O–H groups in total. The highest BCUT2D eigenvalue weighted by Gasteiger charge is 2.15. The summed E-state index contributed by atoms with van der Waals surface area (Å²) in [5.41, 5.74) is 8.40. The minimum atomic E-state index is -0.0664. The van der Waals surface area contributed by atoms with Crippen LogP contribution in [0.2, 0.25) is 0 Å². The summed E-state index contributed by atoms with van der Waals surface area (Å²) in [7, 11) is 1.64. The predicted octanol–water partition coefficient (Wildman–Crippen LogP) is 1.62. The van der Waals surface area contributed by atoms with Crippen LogP contribution in [0, 0.1) is 0 Å². The molecule has 1 aromatic carbocycles. The van der Waals surface area contributed by atoms with Gasteiger partial charge in [0.15, 0.2) is 0 Å². The van der Waals surface area contributed by atoms with E-state index in [9.17, 15) is 4.79 Å². The van der Waals surface area contributed by atoms with Crippen LogP contribution in [0.4, 0.5) is 11.4 Å². The lowest BCUT2D eigenvalue weighted by molar-refractivity contribution is 0.0963. The molecule has 1 heterocycles. The van der Waals surface area contributed by atoms with Crippen molar-refractivity contribution in [3.8, 4) is 0 Å². The summed E-state index contributed by atoms with van der Waals surface area (Å²) < 4.78 is 0. The molecular formula is C13H19N3O. The fourth-order valence-corrected chi connectivity index (χ4v) is 2.24. The van der Waals surface area contributed by atoms with Gasteiger partial charge in [-0.3, -0.25) is 4.79 Å². The number of nitrogens with two attached hydrogens (primary N) is 1. The van der Waals surface area contributed by atoms with Crippen molar-refractivity contribution in [2.45, 2.75) is 19.3 Å². The predicted molar refractivity (Wildman–Crippen MR) is 70.3 cm³/mol. The van der Waals surface area contributed by atoms with Crippen molar-refractivity contribution < 1.29 is 4.79 Å². The third-order valence-corrected chi connectivity index (χ3v) is 3.22. The minimum absolute atomic E-state index is 0.0664. The molecule has 4 heteroatoms. The number of amides is 1. The van der Waals surface area contributed by atoms with Gasteiger partial charge in [0.1, 0.15) is 0 Å². The van der Waals surface area contributed by atoms with Gasteiger partial charge in [-0.2, -0.15) is 0 Å². The molecule has 0 saturated carbocycles. The molecule has 1 amide bonds. The maximum absolute atomic E-state index is 11.6. The van der Waals surface area contributed by atoms with E-state index in [1.807, 2.05) is 12.1 Å². The number of benzene rings is 1. The van der Waals surface area contributed by atoms with Crippen molar-refractivity contribution in [1.82, 2.24) is 5.32 Å². The smallest absolute Gasteiger partial charge is 0.251 e. The van der Waals surface area contributed by atoms with E-state index in [0.717, 1.165) is 24.5 Å². The van der Waals surface area contributed by atoms with Crippen LogP contribution < -0.4 is 16.0 Å². The van der Waals surface area contributed by atoms with Crippen LogP contribution in [0.25, 0.3) is 0 Å². The molecule has 1 fully saturated rings. The maximum Gasteiger partial charge on any atom is 0.251 e. The maximum atomic E-state index is 11.6. The van der Waals surface area contributed by atoms with Crippen molar-refractivity contribution in [2.24, 2.45) is 0 Å². The molecule has 0 aromatic heterocycles. The second-order valence-electron chi connectivity index (χ2n) is 4.40. The van der Waals surface area contributed by atoms with Gasteiger partial charge >= 0.3 is 0 Å². The zero-order chi connectivity index (χ0) is 12.3. The van der Waals surface area contributed by atoms with Crippen LogP contribution in [0.5, 0.6) is 0 Å². The molecule has 17 heavy (non-hydrogen) atoms. The van der Waals surface area contributed by atoms with Gasteiger partial charge in [0.05, 0.1) is 11.4 Å². The van der Waals surface area contributed by atoms with Gasteiger partial charge in [-0.1, -0.05) is 0 Å². The number of hydrogen-bond acceptors (Lipinski definition) is 3. The number of carbonyl (C=O) groups is 1. The van der Waals surface area contributed by atoms with Crippen LogP contribution in [-0.2, 0) is 0 Å². The van der Waals surface area contributed by atoms with Gasteiger partial charge < -0.3 is 16.0 Å². The van der Waals surface area contributed by atoms with E-state index in [-0.39, 0.29) is 5.91 Å². The van der Waals surface area contributed by atoms with Crippen molar-refractivity contribution in [1.29, 1.82) is 0 Å². The lowest BCUT2D eigenvalue weighted by Gasteiger charge is -2.30. The SMILES string of the molecule is CNC(=O)c1ccc(N)c(N2CCCCC2)c1. The molecule has 0 atom stereocenters. The van der Waals surface area contributed by atoms with Crippen LogP contribution in [0.3, 0.4) is 0 Å². The standard InChI is InChI=1S/C13H19N3O/c1-15-13(17)10-5-6-11(14)12(9-10)16-7-3-2-4-8-16/h5-6,9H,2-4,7-8,14H2,1H3,(H,15,17). The molecule has 0 bridgehead atoms. The highest BCUT2D eigenvalue weighted by atomic mass is 16.1. The number of rotatable bonds is 2. The van der Waals surface area contributed by atoms with Crippen molar-refractivity contribution >= 4 is 17.3 Å². The Morgan fingerprint density at radius 1 is 1.29 bits per heavy atom. The lowest BCUT2D eigenvalue weighted by Crippen LogP contribution is -2.30. The molecule has 1 saturated heterocycles. The number of piperidine rings is 1. The van der Waals surface area contributed by atoms with Crippen LogP contribution in [-0.4, -0.2) is 26.0 Å². The lowest BCUT2D eigenvalue weighted by atomic mass is 10.1. The highest BCUT2D eigenvalue weighted by Crippen LogP contribution is 2.27. The van der Waals surface area contributed by atoms with E-state index in [1.165, 1.54) is 19.3 Å². The number of carbonyl (C=O) groups excluding carboxylic acids is 1. The second-order valence-corrected chi connectivity index (χ2v) is 4.40. The number of nitrogens with one attached hydrogen (secondary N) is 1. The Morgan fingerprint density at radius 3 is 2.65 bits per heavy atom. The number of nitrogen functional groups attached to an aromatic ring is 1. The van der Waals surface area contributed by atoms with Gasteiger partial charge in [-0.05, 0) is 37.5 Å². The zero-order valence-electron chi connectivity index (χ0n) is 10.2. The molecular weight excluding hydrogens is 214 g/mol. The Bertz CT molecular complexity index is 411. The summed E-state index contributed by atoms with van der Waals surface area (Å²) in [5.74, 6) is -0.0664. The first-order chi connectivity index (χ1) is 8.22. The second kappa shape index (κ2) is 5.08. The molecule has 1 aliphatic heterocycles. The van der Waals surface area contributed by atoms with E-state index in [1.54, 1.807) is 13.1 Å². The van der Waals surface area contributed by atoms with E-state index in [4.69, 9.17) is 5.73 Å². The minimum Gasteiger partial charge on any atom is -0.397 e. The molecule has 4 nitrogen and oxygen atoms in total. The first-order valence-corrected chi connectivity index (χ1v) is 6.09. The number of anilines is 2. The Hall–Kier alpha value is -1.71. The molecule has 1 aromatic rings. The van der Waals surface area contributed by atoms with E-state index < -0.39 is 0 Å². The Labute approximate surface area is 102 Å². The normalized spacial score (nSPS) is 15.7.